The van der Waals surface area contributed by atoms with Crippen LogP contribution in [0.25, 0.3) is 0 Å². The van der Waals surface area contributed by atoms with Crippen LogP contribution in [0.2, 0.25) is 0 Å². The molecule has 3 nitrogen and oxygen atoms in total. The standard InChI is InChI=1S/C16H21F2NO2S/c1-3-14(20)19(8-7-16(21-2)5-4-6-16)10-13-9-12(11-22-13)15(17)18/h3,9,11,15H,1,4-8,10H2,2H3. The zero-order valence-corrected chi connectivity index (χ0v) is 13.5. The fraction of sp³-hybridized carbons (Fsp3) is 0.562. The second kappa shape index (κ2) is 7.33. The highest BCUT2D eigenvalue weighted by Gasteiger charge is 2.37. The lowest BCUT2D eigenvalue weighted by molar-refractivity contribution is -0.129. The van der Waals surface area contributed by atoms with Crippen LogP contribution in [0.5, 0.6) is 0 Å². The molecule has 1 heterocycles. The van der Waals surface area contributed by atoms with Crippen molar-refractivity contribution >= 4 is 17.2 Å². The molecule has 1 amide bonds. The lowest BCUT2D eigenvalue weighted by Gasteiger charge is -2.41. The Kier molecular flexibility index (Phi) is 5.69. The number of hydrogen-bond acceptors (Lipinski definition) is 3. The molecule has 122 valence electrons. The summed E-state index contributed by atoms with van der Waals surface area (Å²) in [6, 6.07) is 1.47. The van der Waals surface area contributed by atoms with E-state index in [4.69, 9.17) is 4.74 Å². The Morgan fingerprint density at radius 2 is 2.32 bits per heavy atom. The predicted molar refractivity (Wildman–Crippen MR) is 83.1 cm³/mol. The van der Waals surface area contributed by atoms with Crippen LogP contribution in [0.4, 0.5) is 8.78 Å². The minimum atomic E-state index is -2.47. The highest BCUT2D eigenvalue weighted by Crippen LogP contribution is 2.38. The Hall–Kier alpha value is -1.27. The van der Waals surface area contributed by atoms with Crippen molar-refractivity contribution in [1.82, 2.24) is 4.90 Å². The summed E-state index contributed by atoms with van der Waals surface area (Å²) in [5.41, 5.74) is -0.109. The summed E-state index contributed by atoms with van der Waals surface area (Å²) in [6.45, 7) is 4.39. The van der Waals surface area contributed by atoms with Crippen molar-refractivity contribution in [2.75, 3.05) is 13.7 Å². The Morgan fingerprint density at radius 3 is 2.77 bits per heavy atom. The average molecular weight is 329 g/mol. The van der Waals surface area contributed by atoms with Crippen molar-refractivity contribution in [3.05, 3.63) is 34.5 Å². The van der Waals surface area contributed by atoms with Gasteiger partial charge in [0.2, 0.25) is 5.91 Å². The molecule has 0 saturated heterocycles. The molecular weight excluding hydrogens is 308 g/mol. The van der Waals surface area contributed by atoms with Crippen LogP contribution in [0.1, 0.15) is 42.5 Å². The van der Waals surface area contributed by atoms with Crippen molar-refractivity contribution in [3.63, 3.8) is 0 Å². The van der Waals surface area contributed by atoms with Gasteiger partial charge in [-0.3, -0.25) is 4.79 Å². The van der Waals surface area contributed by atoms with Gasteiger partial charge in [0.05, 0.1) is 12.1 Å². The Labute approximate surface area is 133 Å². The summed E-state index contributed by atoms with van der Waals surface area (Å²) >= 11 is 1.25. The molecular formula is C16H21F2NO2S. The zero-order valence-electron chi connectivity index (χ0n) is 12.7. The first kappa shape index (κ1) is 17.1. The number of rotatable bonds is 8. The number of hydrogen-bond donors (Lipinski definition) is 0. The van der Waals surface area contributed by atoms with Gasteiger partial charge in [-0.05, 0) is 43.2 Å². The molecule has 0 unspecified atom stereocenters. The molecule has 1 aliphatic rings. The summed E-state index contributed by atoms with van der Waals surface area (Å²) in [4.78, 5) is 14.4. The van der Waals surface area contributed by atoms with E-state index in [1.54, 1.807) is 12.0 Å². The van der Waals surface area contributed by atoms with Gasteiger partial charge in [-0.2, -0.15) is 0 Å². The molecule has 0 N–H and O–H groups in total. The first-order valence-electron chi connectivity index (χ1n) is 7.31. The first-order chi connectivity index (χ1) is 10.5. The van der Waals surface area contributed by atoms with Gasteiger partial charge in [-0.15, -0.1) is 11.3 Å². The van der Waals surface area contributed by atoms with Gasteiger partial charge in [0.1, 0.15) is 0 Å². The van der Waals surface area contributed by atoms with Crippen LogP contribution in [0.3, 0.4) is 0 Å². The lowest BCUT2D eigenvalue weighted by Crippen LogP contribution is -2.43. The van der Waals surface area contributed by atoms with Crippen LogP contribution >= 0.6 is 11.3 Å². The number of carbonyl (C=O) groups excluding carboxylic acids is 1. The molecule has 1 saturated carbocycles. The molecule has 0 bridgehead atoms. The van der Waals surface area contributed by atoms with Crippen LogP contribution < -0.4 is 0 Å². The minimum Gasteiger partial charge on any atom is -0.378 e. The van der Waals surface area contributed by atoms with Gasteiger partial charge in [-0.25, -0.2) is 8.78 Å². The van der Waals surface area contributed by atoms with E-state index in [1.807, 2.05) is 0 Å². The zero-order chi connectivity index (χ0) is 16.2. The van der Waals surface area contributed by atoms with Gasteiger partial charge in [0, 0.05) is 24.1 Å². The van der Waals surface area contributed by atoms with E-state index in [-0.39, 0.29) is 17.1 Å². The maximum absolute atomic E-state index is 12.6. The van der Waals surface area contributed by atoms with Gasteiger partial charge in [-0.1, -0.05) is 6.58 Å². The molecule has 1 aromatic heterocycles. The summed E-state index contributed by atoms with van der Waals surface area (Å²) in [6.07, 6.45) is 2.71. The van der Waals surface area contributed by atoms with E-state index < -0.39 is 6.43 Å². The molecule has 2 rings (SSSR count). The molecule has 1 aromatic rings. The number of carbonyl (C=O) groups is 1. The summed E-state index contributed by atoms with van der Waals surface area (Å²) in [5.74, 6) is -0.183. The number of amides is 1. The molecule has 0 aromatic carbocycles. The number of ether oxygens (including phenoxy) is 1. The van der Waals surface area contributed by atoms with Gasteiger partial charge in [0.25, 0.3) is 6.43 Å². The van der Waals surface area contributed by atoms with Gasteiger partial charge < -0.3 is 9.64 Å². The topological polar surface area (TPSA) is 29.5 Å². The number of halogens is 2. The maximum Gasteiger partial charge on any atom is 0.264 e. The van der Waals surface area contributed by atoms with E-state index in [2.05, 4.69) is 6.58 Å². The average Bonchev–Trinajstić information content (AvgIpc) is 2.93. The van der Waals surface area contributed by atoms with E-state index in [1.165, 1.54) is 28.9 Å². The van der Waals surface area contributed by atoms with Crippen molar-refractivity contribution < 1.29 is 18.3 Å². The van der Waals surface area contributed by atoms with Gasteiger partial charge >= 0.3 is 0 Å². The highest BCUT2D eigenvalue weighted by molar-refractivity contribution is 7.10. The SMILES string of the molecule is C=CC(=O)N(CCC1(OC)CCC1)Cc1cc(C(F)F)cs1. The molecule has 6 heteroatoms. The third kappa shape index (κ3) is 3.93. The molecule has 0 atom stereocenters. The fourth-order valence-corrected chi connectivity index (χ4v) is 3.54. The summed E-state index contributed by atoms with van der Waals surface area (Å²) < 4.78 is 30.8. The van der Waals surface area contributed by atoms with Crippen LogP contribution in [0.15, 0.2) is 24.1 Å². The van der Waals surface area contributed by atoms with Gasteiger partial charge in [0.15, 0.2) is 0 Å². The molecule has 1 aliphatic carbocycles. The van der Waals surface area contributed by atoms with E-state index in [0.717, 1.165) is 30.6 Å². The quantitative estimate of drug-likeness (QED) is 0.670. The number of alkyl halides is 2. The van der Waals surface area contributed by atoms with Crippen molar-refractivity contribution in [3.8, 4) is 0 Å². The second-order valence-corrected chi connectivity index (χ2v) is 6.60. The van der Waals surface area contributed by atoms with Crippen LogP contribution in [-0.4, -0.2) is 30.1 Å². The molecule has 0 radical (unpaired) electrons. The summed E-state index contributed by atoms with van der Waals surface area (Å²) in [7, 11) is 1.70. The monoisotopic (exact) mass is 329 g/mol. The van der Waals surface area contributed by atoms with E-state index >= 15 is 0 Å². The van der Waals surface area contributed by atoms with Crippen molar-refractivity contribution in [2.45, 2.75) is 44.3 Å². The molecule has 22 heavy (non-hydrogen) atoms. The smallest absolute Gasteiger partial charge is 0.264 e. The Balaban J connectivity index is 1.99. The van der Waals surface area contributed by atoms with Crippen molar-refractivity contribution in [1.29, 1.82) is 0 Å². The third-order valence-corrected chi connectivity index (χ3v) is 5.23. The largest absolute Gasteiger partial charge is 0.378 e. The van der Waals surface area contributed by atoms with E-state index in [9.17, 15) is 13.6 Å². The summed E-state index contributed by atoms with van der Waals surface area (Å²) in [5, 5.41) is 1.44. The number of nitrogens with zero attached hydrogens (tertiary/aromatic N) is 1. The fourth-order valence-electron chi connectivity index (χ4n) is 2.65. The number of thiophene rings is 1. The molecule has 0 spiro atoms. The highest BCUT2D eigenvalue weighted by atomic mass is 32.1. The van der Waals surface area contributed by atoms with E-state index in [0.29, 0.717) is 13.1 Å². The van der Waals surface area contributed by atoms with Crippen molar-refractivity contribution in [2.24, 2.45) is 0 Å². The normalized spacial score (nSPS) is 16.4. The van der Waals surface area contributed by atoms with Crippen LogP contribution in [-0.2, 0) is 16.1 Å². The third-order valence-electron chi connectivity index (χ3n) is 4.29. The second-order valence-electron chi connectivity index (χ2n) is 5.60. The van der Waals surface area contributed by atoms with Crippen LogP contribution in [0, 0.1) is 0 Å². The Bertz CT molecular complexity index is 520. The molecule has 1 fully saturated rings. The lowest BCUT2D eigenvalue weighted by atomic mass is 9.77. The minimum absolute atomic E-state index is 0.0124. The Morgan fingerprint density at radius 1 is 1.59 bits per heavy atom. The first-order valence-corrected chi connectivity index (χ1v) is 8.19. The maximum atomic E-state index is 12.6. The number of methoxy groups -OCH3 is 1. The molecule has 0 aliphatic heterocycles. The predicted octanol–water partition coefficient (Wildman–Crippen LogP) is 4.16.